The third-order valence-corrected chi connectivity index (χ3v) is 12.8. The first-order valence-corrected chi connectivity index (χ1v) is 26.4. The number of unbranched alkanes of at least 4 members (excludes halogenated alkanes) is 40. The molecule has 0 aliphatic heterocycles. The van der Waals surface area contributed by atoms with Gasteiger partial charge in [-0.2, -0.15) is 0 Å². The maximum Gasteiger partial charge on any atom is 0.249 e. The number of aliphatic hydroxyl groups is 4. The molecule has 0 bridgehead atoms. The Labute approximate surface area is 362 Å². The minimum atomic E-state index is -1.25. The zero-order valence-electron chi connectivity index (χ0n) is 39.3. The maximum atomic E-state index is 12.6. The van der Waals surface area contributed by atoms with Crippen LogP contribution in [0.2, 0.25) is 0 Å². The van der Waals surface area contributed by atoms with Crippen molar-refractivity contribution in [1.82, 2.24) is 5.32 Å². The molecule has 348 valence electrons. The monoisotopic (exact) mass is 824 g/mol. The van der Waals surface area contributed by atoms with Crippen molar-refractivity contribution in [2.45, 2.75) is 321 Å². The highest BCUT2D eigenvalue weighted by molar-refractivity contribution is 5.80. The molecule has 1 amide bonds. The van der Waals surface area contributed by atoms with Crippen LogP contribution in [0.5, 0.6) is 0 Å². The minimum absolute atomic E-state index is 0.376. The Bertz CT molecular complexity index is 796. The van der Waals surface area contributed by atoms with Crippen LogP contribution >= 0.6 is 0 Å². The summed E-state index contributed by atoms with van der Waals surface area (Å²) in [4.78, 5) is 12.6. The largest absolute Gasteiger partial charge is 0.394 e. The lowest BCUT2D eigenvalue weighted by molar-refractivity contribution is -0.132. The zero-order valence-corrected chi connectivity index (χ0v) is 39.3. The Balaban J connectivity index is 3.60. The van der Waals surface area contributed by atoms with Crippen molar-refractivity contribution in [1.29, 1.82) is 0 Å². The van der Waals surface area contributed by atoms with Gasteiger partial charge in [-0.1, -0.05) is 284 Å². The summed E-state index contributed by atoms with van der Waals surface area (Å²) in [7, 11) is 0. The summed E-state index contributed by atoms with van der Waals surface area (Å²) in [5, 5.41) is 43.9. The van der Waals surface area contributed by atoms with Gasteiger partial charge in [0.15, 0.2) is 0 Å². The highest BCUT2D eigenvalue weighted by Gasteiger charge is 2.28. The van der Waals surface area contributed by atoms with Gasteiger partial charge in [0.05, 0.1) is 18.8 Å². The molecule has 0 rings (SSSR count). The predicted molar refractivity (Wildman–Crippen MR) is 252 cm³/mol. The molecule has 0 fully saturated rings. The van der Waals surface area contributed by atoms with Gasteiger partial charge < -0.3 is 25.7 Å². The van der Waals surface area contributed by atoms with Crippen molar-refractivity contribution < 1.29 is 25.2 Å². The molecule has 0 aromatic heterocycles. The van der Waals surface area contributed by atoms with Crippen molar-refractivity contribution in [3.8, 4) is 0 Å². The Kier molecular flexibility index (Phi) is 46.8. The van der Waals surface area contributed by atoms with Crippen LogP contribution in [0.15, 0.2) is 0 Å². The topological polar surface area (TPSA) is 110 Å². The summed E-state index contributed by atoms with van der Waals surface area (Å²) in [6.45, 7) is 4.09. The fraction of sp³-hybridized carbons (Fsp3) is 0.981. The molecule has 5 N–H and O–H groups in total. The van der Waals surface area contributed by atoms with Crippen molar-refractivity contribution >= 4 is 5.91 Å². The quantitative estimate of drug-likeness (QED) is 0.0393. The standard InChI is InChI=1S/C52H105NO5/c1-3-5-7-9-11-13-15-17-19-21-22-23-24-25-26-27-28-30-31-33-35-37-39-41-43-45-49(55)51(57)48(47-54)53-52(58)50(56)46-44-42-40-38-36-34-32-29-20-18-16-14-12-10-8-6-4-2/h48-51,54-57H,3-47H2,1-2H3,(H,53,58). The summed E-state index contributed by atoms with van der Waals surface area (Å²) in [5.41, 5.74) is 0. The van der Waals surface area contributed by atoms with E-state index in [-0.39, 0.29) is 0 Å². The van der Waals surface area contributed by atoms with Crippen LogP contribution in [0, 0.1) is 0 Å². The number of carbonyl (C=O) groups excluding carboxylic acids is 1. The summed E-state index contributed by atoms with van der Waals surface area (Å²) < 4.78 is 0. The molecular weight excluding hydrogens is 719 g/mol. The van der Waals surface area contributed by atoms with E-state index >= 15 is 0 Å². The molecule has 0 aliphatic rings. The molecule has 0 aromatic carbocycles. The molecule has 6 nitrogen and oxygen atoms in total. The van der Waals surface area contributed by atoms with E-state index in [0.717, 1.165) is 38.5 Å². The first-order chi connectivity index (χ1) is 28.5. The molecule has 0 radical (unpaired) electrons. The molecule has 4 atom stereocenters. The number of rotatable bonds is 49. The second-order valence-electron chi connectivity index (χ2n) is 18.6. The van der Waals surface area contributed by atoms with Crippen molar-refractivity contribution in [3.05, 3.63) is 0 Å². The number of carbonyl (C=O) groups is 1. The van der Waals surface area contributed by atoms with E-state index in [2.05, 4.69) is 19.2 Å². The van der Waals surface area contributed by atoms with E-state index in [0.29, 0.717) is 12.8 Å². The second kappa shape index (κ2) is 47.4. The molecule has 6 heteroatoms. The number of hydrogen-bond acceptors (Lipinski definition) is 5. The Hall–Kier alpha value is -0.690. The average molecular weight is 824 g/mol. The van der Waals surface area contributed by atoms with Crippen LogP contribution in [0.4, 0.5) is 0 Å². The Morgan fingerprint density at radius 2 is 0.586 bits per heavy atom. The number of hydrogen-bond donors (Lipinski definition) is 5. The SMILES string of the molecule is CCCCCCCCCCCCCCCCCCCCCCCCCCCC(O)C(O)C(CO)NC(=O)C(O)CCCCCCCCCCCCCCCCCCC. The second-order valence-corrected chi connectivity index (χ2v) is 18.6. The van der Waals surface area contributed by atoms with E-state index in [1.54, 1.807) is 0 Å². The summed E-state index contributed by atoms with van der Waals surface area (Å²) in [6.07, 6.45) is 53.0. The van der Waals surface area contributed by atoms with Crippen LogP contribution in [0.25, 0.3) is 0 Å². The fourth-order valence-electron chi connectivity index (χ4n) is 8.64. The van der Waals surface area contributed by atoms with Gasteiger partial charge in [0, 0.05) is 0 Å². The van der Waals surface area contributed by atoms with E-state index in [4.69, 9.17) is 0 Å². The van der Waals surface area contributed by atoms with Crippen molar-refractivity contribution in [2.75, 3.05) is 6.61 Å². The highest BCUT2D eigenvalue weighted by atomic mass is 16.3. The third kappa shape index (κ3) is 40.7. The van der Waals surface area contributed by atoms with Crippen LogP contribution in [0.3, 0.4) is 0 Å². The van der Waals surface area contributed by atoms with Crippen LogP contribution in [0.1, 0.15) is 296 Å². The van der Waals surface area contributed by atoms with E-state index < -0.39 is 36.9 Å². The van der Waals surface area contributed by atoms with Gasteiger partial charge in [0.1, 0.15) is 12.2 Å². The summed E-state index contributed by atoms with van der Waals surface area (Å²) in [6, 6.07) is -0.980. The van der Waals surface area contributed by atoms with Gasteiger partial charge >= 0.3 is 0 Å². The molecule has 0 aromatic rings. The van der Waals surface area contributed by atoms with Crippen LogP contribution in [-0.2, 0) is 4.79 Å². The van der Waals surface area contributed by atoms with Crippen LogP contribution in [-0.4, -0.2) is 57.3 Å². The maximum absolute atomic E-state index is 12.6. The smallest absolute Gasteiger partial charge is 0.249 e. The first kappa shape index (κ1) is 57.3. The van der Waals surface area contributed by atoms with E-state index in [1.165, 1.54) is 231 Å². The van der Waals surface area contributed by atoms with Crippen molar-refractivity contribution in [2.24, 2.45) is 0 Å². The van der Waals surface area contributed by atoms with Gasteiger partial charge in [-0.15, -0.1) is 0 Å². The lowest BCUT2D eigenvalue weighted by Crippen LogP contribution is -2.53. The molecule has 4 unspecified atom stereocenters. The molecule has 0 heterocycles. The van der Waals surface area contributed by atoms with Gasteiger partial charge in [-0.3, -0.25) is 4.79 Å². The van der Waals surface area contributed by atoms with Crippen LogP contribution < -0.4 is 5.32 Å². The minimum Gasteiger partial charge on any atom is -0.394 e. The molecule has 0 saturated heterocycles. The van der Waals surface area contributed by atoms with E-state index in [1.807, 2.05) is 0 Å². The summed E-state index contributed by atoms with van der Waals surface area (Å²) in [5.74, 6) is -0.577. The predicted octanol–water partition coefficient (Wildman–Crippen LogP) is 14.8. The fourth-order valence-corrected chi connectivity index (χ4v) is 8.64. The van der Waals surface area contributed by atoms with Gasteiger partial charge in [-0.05, 0) is 12.8 Å². The average Bonchev–Trinajstić information content (AvgIpc) is 3.23. The number of aliphatic hydroxyl groups excluding tert-OH is 4. The van der Waals surface area contributed by atoms with E-state index in [9.17, 15) is 25.2 Å². The summed E-state index contributed by atoms with van der Waals surface area (Å²) >= 11 is 0. The Morgan fingerprint density at radius 1 is 0.362 bits per heavy atom. The zero-order chi connectivity index (χ0) is 42.4. The molecule has 58 heavy (non-hydrogen) atoms. The lowest BCUT2D eigenvalue weighted by atomic mass is 9.99. The van der Waals surface area contributed by atoms with Gasteiger partial charge in [-0.25, -0.2) is 0 Å². The molecule has 0 saturated carbocycles. The normalized spacial score (nSPS) is 13.8. The van der Waals surface area contributed by atoms with Gasteiger partial charge in [0.2, 0.25) is 5.91 Å². The lowest BCUT2D eigenvalue weighted by Gasteiger charge is -2.27. The molecule has 0 spiro atoms. The third-order valence-electron chi connectivity index (χ3n) is 12.8. The number of amides is 1. The first-order valence-electron chi connectivity index (χ1n) is 26.4. The molecule has 0 aliphatic carbocycles. The van der Waals surface area contributed by atoms with Gasteiger partial charge in [0.25, 0.3) is 0 Å². The Morgan fingerprint density at radius 3 is 0.828 bits per heavy atom. The number of nitrogens with one attached hydrogen (secondary N) is 1. The molecular formula is C52H105NO5. The highest BCUT2D eigenvalue weighted by Crippen LogP contribution is 2.18. The van der Waals surface area contributed by atoms with Crippen molar-refractivity contribution in [3.63, 3.8) is 0 Å².